The first kappa shape index (κ1) is 17.3. The zero-order valence-corrected chi connectivity index (χ0v) is 15.1. The minimum Gasteiger partial charge on any atom is -0.496 e. The van der Waals surface area contributed by atoms with E-state index in [1.807, 2.05) is 32.3 Å². The molecule has 5 heteroatoms. The van der Waals surface area contributed by atoms with Crippen molar-refractivity contribution in [2.75, 3.05) is 27.7 Å². The van der Waals surface area contributed by atoms with Gasteiger partial charge in [0.2, 0.25) is 0 Å². The maximum atomic E-state index is 5.42. The molecule has 0 aliphatic carbocycles. The van der Waals surface area contributed by atoms with Crippen molar-refractivity contribution in [3.05, 3.63) is 52.2 Å². The maximum absolute atomic E-state index is 5.42. The molecule has 0 saturated heterocycles. The summed E-state index contributed by atoms with van der Waals surface area (Å²) in [5, 5.41) is 5.58. The summed E-state index contributed by atoms with van der Waals surface area (Å²) in [4.78, 5) is 7.89. The molecule has 0 bridgehead atoms. The van der Waals surface area contributed by atoms with Crippen LogP contribution in [0.1, 0.15) is 23.3 Å². The third kappa shape index (κ3) is 4.73. The Kier molecular flexibility index (Phi) is 6.47. The molecule has 2 rings (SSSR count). The molecule has 2 aromatic rings. The number of thiophene rings is 1. The van der Waals surface area contributed by atoms with Crippen molar-refractivity contribution in [3.63, 3.8) is 0 Å². The lowest BCUT2D eigenvalue weighted by molar-refractivity contribution is 0.396. The van der Waals surface area contributed by atoms with Crippen molar-refractivity contribution in [2.24, 2.45) is 4.99 Å². The van der Waals surface area contributed by atoms with E-state index in [-0.39, 0.29) is 0 Å². The first-order valence-corrected chi connectivity index (χ1v) is 8.60. The molecule has 1 N–H and O–H groups in total. The van der Waals surface area contributed by atoms with Gasteiger partial charge in [-0.1, -0.05) is 31.2 Å². The maximum Gasteiger partial charge on any atom is 0.193 e. The standard InChI is InChI=1S/C18H25N3OS/c1-14(17-10-7-11-23-17)12-20-18(19-2)21(3)13-15-8-5-6-9-16(15)22-4/h5-11,14H,12-13H2,1-4H3,(H,19,20). The summed E-state index contributed by atoms with van der Waals surface area (Å²) < 4.78 is 5.42. The molecule has 1 aromatic carbocycles. The van der Waals surface area contributed by atoms with Crippen molar-refractivity contribution in [3.8, 4) is 5.75 Å². The average molecular weight is 331 g/mol. The zero-order chi connectivity index (χ0) is 16.7. The van der Waals surface area contributed by atoms with Gasteiger partial charge in [-0.2, -0.15) is 0 Å². The van der Waals surface area contributed by atoms with Gasteiger partial charge >= 0.3 is 0 Å². The Balaban J connectivity index is 1.95. The number of ether oxygens (including phenoxy) is 1. The van der Waals surface area contributed by atoms with E-state index in [2.05, 4.69) is 45.7 Å². The Bertz CT molecular complexity index is 625. The molecule has 0 spiro atoms. The molecule has 0 saturated carbocycles. The van der Waals surface area contributed by atoms with Crippen LogP contribution < -0.4 is 10.1 Å². The highest BCUT2D eigenvalue weighted by molar-refractivity contribution is 7.10. The summed E-state index contributed by atoms with van der Waals surface area (Å²) in [5.74, 6) is 2.26. The Morgan fingerprint density at radius 3 is 2.74 bits per heavy atom. The van der Waals surface area contributed by atoms with Gasteiger partial charge in [0, 0.05) is 43.5 Å². The second kappa shape index (κ2) is 8.58. The van der Waals surface area contributed by atoms with Gasteiger partial charge < -0.3 is 15.0 Å². The van der Waals surface area contributed by atoms with Crippen molar-refractivity contribution in [2.45, 2.75) is 19.4 Å². The number of benzene rings is 1. The van der Waals surface area contributed by atoms with E-state index in [1.54, 1.807) is 18.4 Å². The monoisotopic (exact) mass is 331 g/mol. The molecule has 0 aliphatic rings. The molecule has 23 heavy (non-hydrogen) atoms. The predicted octanol–water partition coefficient (Wildman–Crippen LogP) is 3.57. The number of para-hydroxylation sites is 1. The zero-order valence-electron chi connectivity index (χ0n) is 14.2. The number of nitrogens with one attached hydrogen (secondary N) is 1. The lowest BCUT2D eigenvalue weighted by Crippen LogP contribution is -2.40. The van der Waals surface area contributed by atoms with Gasteiger partial charge in [-0.3, -0.25) is 4.99 Å². The first-order valence-electron chi connectivity index (χ1n) is 7.72. The molecular weight excluding hydrogens is 306 g/mol. The van der Waals surface area contributed by atoms with E-state index < -0.39 is 0 Å². The molecule has 1 atom stereocenters. The first-order chi connectivity index (χ1) is 11.2. The number of hydrogen-bond donors (Lipinski definition) is 1. The smallest absolute Gasteiger partial charge is 0.193 e. The van der Waals surface area contributed by atoms with Crippen LogP contribution in [0, 0.1) is 0 Å². The van der Waals surface area contributed by atoms with Gasteiger partial charge in [0.25, 0.3) is 0 Å². The van der Waals surface area contributed by atoms with Crippen molar-refractivity contribution in [1.29, 1.82) is 0 Å². The summed E-state index contributed by atoms with van der Waals surface area (Å²) in [6.07, 6.45) is 0. The van der Waals surface area contributed by atoms with E-state index in [9.17, 15) is 0 Å². The van der Waals surface area contributed by atoms with Gasteiger partial charge in [0.1, 0.15) is 5.75 Å². The molecule has 0 aliphatic heterocycles. The van der Waals surface area contributed by atoms with Crippen LogP contribution in [0.2, 0.25) is 0 Å². The van der Waals surface area contributed by atoms with Crippen LogP contribution >= 0.6 is 11.3 Å². The minimum atomic E-state index is 0.464. The number of guanidine groups is 1. The molecular formula is C18H25N3OS. The highest BCUT2D eigenvalue weighted by Gasteiger charge is 2.12. The molecule has 1 unspecified atom stereocenters. The Labute approximate surface area is 142 Å². The fourth-order valence-corrected chi connectivity index (χ4v) is 3.25. The Morgan fingerprint density at radius 2 is 2.09 bits per heavy atom. The summed E-state index contributed by atoms with van der Waals surface area (Å²) in [7, 11) is 5.56. The van der Waals surface area contributed by atoms with E-state index in [1.165, 1.54) is 4.88 Å². The van der Waals surface area contributed by atoms with Gasteiger partial charge in [-0.05, 0) is 17.5 Å². The predicted molar refractivity (Wildman–Crippen MR) is 98.6 cm³/mol. The second-order valence-corrected chi connectivity index (χ2v) is 6.49. The van der Waals surface area contributed by atoms with Gasteiger partial charge in [0.05, 0.1) is 7.11 Å². The van der Waals surface area contributed by atoms with E-state index >= 15 is 0 Å². The minimum absolute atomic E-state index is 0.464. The van der Waals surface area contributed by atoms with Crippen LogP contribution in [0.4, 0.5) is 0 Å². The summed E-state index contributed by atoms with van der Waals surface area (Å²) >= 11 is 1.80. The molecule has 4 nitrogen and oxygen atoms in total. The Hall–Kier alpha value is -2.01. The van der Waals surface area contributed by atoms with Gasteiger partial charge in [-0.25, -0.2) is 0 Å². The fourth-order valence-electron chi connectivity index (χ4n) is 2.47. The topological polar surface area (TPSA) is 36.9 Å². The molecule has 124 valence electrons. The Morgan fingerprint density at radius 1 is 1.30 bits per heavy atom. The lowest BCUT2D eigenvalue weighted by atomic mass is 10.1. The number of nitrogens with zero attached hydrogens (tertiary/aromatic N) is 2. The number of hydrogen-bond acceptors (Lipinski definition) is 3. The third-order valence-electron chi connectivity index (χ3n) is 3.77. The van der Waals surface area contributed by atoms with Crippen LogP contribution in [0.25, 0.3) is 0 Å². The second-order valence-electron chi connectivity index (χ2n) is 5.51. The highest BCUT2D eigenvalue weighted by atomic mass is 32.1. The largest absolute Gasteiger partial charge is 0.496 e. The van der Waals surface area contributed by atoms with E-state index in [0.29, 0.717) is 5.92 Å². The number of aliphatic imine (C=N–C) groups is 1. The molecule has 0 fully saturated rings. The summed E-state index contributed by atoms with van der Waals surface area (Å²) in [6.45, 7) is 3.84. The quantitative estimate of drug-likeness (QED) is 0.649. The van der Waals surface area contributed by atoms with E-state index in [4.69, 9.17) is 4.74 Å². The van der Waals surface area contributed by atoms with Crippen LogP contribution in [0.3, 0.4) is 0 Å². The van der Waals surface area contributed by atoms with Gasteiger partial charge in [-0.15, -0.1) is 11.3 Å². The number of methoxy groups -OCH3 is 1. The molecule has 1 heterocycles. The SMILES string of the molecule is CN=C(NCC(C)c1cccs1)N(C)Cc1ccccc1OC. The van der Waals surface area contributed by atoms with Crippen molar-refractivity contribution < 1.29 is 4.74 Å². The molecule has 0 amide bonds. The molecule has 1 aromatic heterocycles. The van der Waals surface area contributed by atoms with Crippen LogP contribution in [-0.4, -0.2) is 38.6 Å². The normalized spacial score (nSPS) is 12.8. The highest BCUT2D eigenvalue weighted by Crippen LogP contribution is 2.20. The van der Waals surface area contributed by atoms with Gasteiger partial charge in [0.15, 0.2) is 5.96 Å². The van der Waals surface area contributed by atoms with Crippen LogP contribution in [-0.2, 0) is 6.54 Å². The van der Waals surface area contributed by atoms with Crippen LogP contribution in [0.5, 0.6) is 5.75 Å². The van der Waals surface area contributed by atoms with Crippen LogP contribution in [0.15, 0.2) is 46.8 Å². The fraction of sp³-hybridized carbons (Fsp3) is 0.389. The van der Waals surface area contributed by atoms with E-state index in [0.717, 1.165) is 30.4 Å². The third-order valence-corrected chi connectivity index (χ3v) is 4.87. The summed E-state index contributed by atoms with van der Waals surface area (Å²) in [5.41, 5.74) is 1.15. The lowest BCUT2D eigenvalue weighted by Gasteiger charge is -2.24. The van der Waals surface area contributed by atoms with Crippen molar-refractivity contribution in [1.82, 2.24) is 10.2 Å². The van der Waals surface area contributed by atoms with Crippen molar-refractivity contribution >= 4 is 17.3 Å². The molecule has 0 radical (unpaired) electrons. The summed E-state index contributed by atoms with van der Waals surface area (Å²) in [6, 6.07) is 12.4. The average Bonchev–Trinajstić information content (AvgIpc) is 3.10. The number of rotatable bonds is 6.